The lowest BCUT2D eigenvalue weighted by atomic mass is 10.2. The second-order valence-electron chi connectivity index (χ2n) is 3.52. The first kappa shape index (κ1) is 13.7. The number of esters is 1. The molecule has 94 valence electrons. The fourth-order valence-electron chi connectivity index (χ4n) is 1.49. The van der Waals surface area contributed by atoms with E-state index in [9.17, 15) is 9.59 Å². The van der Waals surface area contributed by atoms with Crippen LogP contribution in [0.2, 0.25) is 0 Å². The molecule has 1 rings (SSSR count). The smallest absolute Gasteiger partial charge is 0.325 e. The predicted molar refractivity (Wildman–Crippen MR) is 67.3 cm³/mol. The standard InChI is InChI=1S/C12H17NO3S/c1-4-9-6-7-17-11(9)12(15)13(5-2)8-10(14)16-3/h6-7H,4-5,8H2,1-3H3. The Bertz CT molecular complexity index is 400. The quantitative estimate of drug-likeness (QED) is 0.755. The summed E-state index contributed by atoms with van der Waals surface area (Å²) in [5, 5.41) is 1.90. The van der Waals surface area contributed by atoms with Crippen LogP contribution in [0.4, 0.5) is 0 Å². The van der Waals surface area contributed by atoms with E-state index in [-0.39, 0.29) is 12.5 Å². The zero-order valence-corrected chi connectivity index (χ0v) is 11.2. The second-order valence-corrected chi connectivity index (χ2v) is 4.44. The number of methoxy groups -OCH3 is 1. The molecule has 0 saturated heterocycles. The monoisotopic (exact) mass is 255 g/mol. The van der Waals surface area contributed by atoms with Gasteiger partial charge in [-0.3, -0.25) is 9.59 Å². The zero-order chi connectivity index (χ0) is 12.8. The number of aryl methyl sites for hydroxylation is 1. The number of hydrogen-bond donors (Lipinski definition) is 0. The van der Waals surface area contributed by atoms with Gasteiger partial charge in [0, 0.05) is 6.54 Å². The van der Waals surface area contributed by atoms with E-state index in [0.717, 1.165) is 16.9 Å². The maximum Gasteiger partial charge on any atom is 0.325 e. The highest BCUT2D eigenvalue weighted by Gasteiger charge is 2.20. The molecule has 0 fully saturated rings. The largest absolute Gasteiger partial charge is 0.468 e. The molecule has 0 saturated carbocycles. The Morgan fingerprint density at radius 1 is 1.41 bits per heavy atom. The van der Waals surface area contributed by atoms with Crippen molar-refractivity contribution in [3.05, 3.63) is 21.9 Å². The summed E-state index contributed by atoms with van der Waals surface area (Å²) >= 11 is 1.42. The summed E-state index contributed by atoms with van der Waals surface area (Å²) in [5.74, 6) is -0.487. The topological polar surface area (TPSA) is 46.6 Å². The summed E-state index contributed by atoms with van der Waals surface area (Å²) in [4.78, 5) is 25.6. The molecule has 1 aromatic heterocycles. The van der Waals surface area contributed by atoms with E-state index in [1.807, 2.05) is 25.3 Å². The number of thiophene rings is 1. The van der Waals surface area contributed by atoms with Crippen molar-refractivity contribution in [2.75, 3.05) is 20.2 Å². The van der Waals surface area contributed by atoms with Gasteiger partial charge in [0.05, 0.1) is 12.0 Å². The van der Waals surface area contributed by atoms with E-state index in [0.29, 0.717) is 6.54 Å². The Morgan fingerprint density at radius 3 is 2.65 bits per heavy atom. The molecular formula is C12H17NO3S. The molecule has 0 atom stereocenters. The maximum absolute atomic E-state index is 12.2. The fraction of sp³-hybridized carbons (Fsp3) is 0.500. The number of amides is 1. The molecule has 0 aromatic carbocycles. The maximum atomic E-state index is 12.2. The van der Waals surface area contributed by atoms with Crippen LogP contribution in [0.5, 0.6) is 0 Å². The first-order valence-electron chi connectivity index (χ1n) is 5.56. The number of hydrogen-bond acceptors (Lipinski definition) is 4. The van der Waals surface area contributed by atoms with Crippen LogP contribution < -0.4 is 0 Å². The van der Waals surface area contributed by atoms with Crippen molar-refractivity contribution in [1.82, 2.24) is 4.90 Å². The van der Waals surface area contributed by atoms with Gasteiger partial charge in [-0.25, -0.2) is 0 Å². The molecule has 0 bridgehead atoms. The highest BCUT2D eigenvalue weighted by atomic mass is 32.1. The second kappa shape index (κ2) is 6.39. The minimum atomic E-state index is -0.394. The van der Waals surface area contributed by atoms with Crippen molar-refractivity contribution in [2.24, 2.45) is 0 Å². The Hall–Kier alpha value is -1.36. The lowest BCUT2D eigenvalue weighted by molar-refractivity contribution is -0.141. The third-order valence-corrected chi connectivity index (χ3v) is 3.48. The van der Waals surface area contributed by atoms with Crippen molar-refractivity contribution in [3.63, 3.8) is 0 Å². The number of ether oxygens (including phenoxy) is 1. The lowest BCUT2D eigenvalue weighted by Gasteiger charge is -2.19. The van der Waals surface area contributed by atoms with Crippen LogP contribution in [-0.4, -0.2) is 37.0 Å². The first-order valence-corrected chi connectivity index (χ1v) is 6.44. The van der Waals surface area contributed by atoms with Gasteiger partial charge in [-0.2, -0.15) is 0 Å². The van der Waals surface area contributed by atoms with Gasteiger partial charge in [-0.1, -0.05) is 6.92 Å². The molecule has 1 heterocycles. The molecule has 0 aliphatic carbocycles. The van der Waals surface area contributed by atoms with E-state index in [4.69, 9.17) is 0 Å². The summed E-state index contributed by atoms with van der Waals surface area (Å²) in [6, 6.07) is 1.95. The van der Waals surface area contributed by atoms with Crippen LogP contribution in [0.1, 0.15) is 29.1 Å². The molecular weight excluding hydrogens is 238 g/mol. The summed E-state index contributed by atoms with van der Waals surface area (Å²) in [5.41, 5.74) is 1.03. The van der Waals surface area contributed by atoms with Gasteiger partial charge in [0.1, 0.15) is 6.54 Å². The fourth-order valence-corrected chi connectivity index (χ4v) is 2.46. The minimum Gasteiger partial charge on any atom is -0.468 e. The molecule has 1 aromatic rings. The average Bonchev–Trinajstić information content (AvgIpc) is 2.82. The predicted octanol–water partition coefficient (Wildman–Crippen LogP) is 1.95. The third-order valence-electron chi connectivity index (χ3n) is 2.54. The molecule has 17 heavy (non-hydrogen) atoms. The highest BCUT2D eigenvalue weighted by molar-refractivity contribution is 7.12. The van der Waals surface area contributed by atoms with Gasteiger partial charge in [0.2, 0.25) is 0 Å². The molecule has 0 N–H and O–H groups in total. The Labute approximate surface area is 105 Å². The SMILES string of the molecule is CCc1ccsc1C(=O)N(CC)CC(=O)OC. The Kier molecular flexibility index (Phi) is 5.15. The van der Waals surface area contributed by atoms with Crippen molar-refractivity contribution < 1.29 is 14.3 Å². The summed E-state index contributed by atoms with van der Waals surface area (Å²) in [6.07, 6.45) is 0.820. The summed E-state index contributed by atoms with van der Waals surface area (Å²) < 4.78 is 4.58. The van der Waals surface area contributed by atoms with Gasteiger partial charge in [-0.15, -0.1) is 11.3 Å². The van der Waals surface area contributed by atoms with Crippen LogP contribution in [-0.2, 0) is 16.0 Å². The van der Waals surface area contributed by atoms with Gasteiger partial charge < -0.3 is 9.64 Å². The van der Waals surface area contributed by atoms with Crippen molar-refractivity contribution in [1.29, 1.82) is 0 Å². The van der Waals surface area contributed by atoms with Crippen molar-refractivity contribution >= 4 is 23.2 Å². The van der Waals surface area contributed by atoms with E-state index in [1.54, 1.807) is 0 Å². The van der Waals surface area contributed by atoms with Crippen molar-refractivity contribution in [2.45, 2.75) is 20.3 Å². The van der Waals surface area contributed by atoms with E-state index < -0.39 is 5.97 Å². The number of nitrogens with zero attached hydrogens (tertiary/aromatic N) is 1. The first-order chi connectivity index (χ1) is 8.13. The molecule has 0 radical (unpaired) electrons. The van der Waals surface area contributed by atoms with E-state index >= 15 is 0 Å². The molecule has 0 unspecified atom stereocenters. The van der Waals surface area contributed by atoms with Gasteiger partial charge in [0.15, 0.2) is 0 Å². The van der Waals surface area contributed by atoms with Gasteiger partial charge in [0.25, 0.3) is 5.91 Å². The van der Waals surface area contributed by atoms with Gasteiger partial charge >= 0.3 is 5.97 Å². The zero-order valence-electron chi connectivity index (χ0n) is 10.4. The molecule has 1 amide bonds. The Morgan fingerprint density at radius 2 is 2.12 bits per heavy atom. The molecule has 0 spiro atoms. The van der Waals surface area contributed by atoms with E-state index in [1.165, 1.54) is 23.3 Å². The van der Waals surface area contributed by atoms with Crippen LogP contribution in [0.15, 0.2) is 11.4 Å². The number of carbonyl (C=O) groups excluding carboxylic acids is 2. The summed E-state index contributed by atoms with van der Waals surface area (Å²) in [6.45, 7) is 4.36. The van der Waals surface area contributed by atoms with Crippen LogP contribution in [0.25, 0.3) is 0 Å². The van der Waals surface area contributed by atoms with E-state index in [2.05, 4.69) is 4.74 Å². The molecule has 0 aliphatic rings. The lowest BCUT2D eigenvalue weighted by Crippen LogP contribution is -2.36. The normalized spacial score (nSPS) is 10.1. The summed E-state index contributed by atoms with van der Waals surface area (Å²) in [7, 11) is 1.32. The van der Waals surface area contributed by atoms with Crippen molar-refractivity contribution in [3.8, 4) is 0 Å². The average molecular weight is 255 g/mol. The molecule has 0 aliphatic heterocycles. The highest BCUT2D eigenvalue weighted by Crippen LogP contribution is 2.19. The number of rotatable bonds is 5. The van der Waals surface area contributed by atoms with Crippen LogP contribution in [0.3, 0.4) is 0 Å². The molecule has 4 nitrogen and oxygen atoms in total. The van der Waals surface area contributed by atoms with Gasteiger partial charge in [-0.05, 0) is 30.4 Å². The molecule has 5 heteroatoms. The third kappa shape index (κ3) is 3.30. The Balaban J connectivity index is 2.82. The van der Waals surface area contributed by atoms with Crippen LogP contribution in [0, 0.1) is 0 Å². The minimum absolute atomic E-state index is 0.00683. The van der Waals surface area contributed by atoms with Crippen LogP contribution >= 0.6 is 11.3 Å². The number of likely N-dealkylation sites (N-methyl/N-ethyl adjacent to an activating group) is 1. The number of carbonyl (C=O) groups is 2.